The molecule has 0 saturated carbocycles. The Balaban J connectivity index is 2.23. The number of nitrogens with zero attached hydrogens (tertiary/aromatic N) is 1. The summed E-state index contributed by atoms with van der Waals surface area (Å²) in [6, 6.07) is 10.4. The summed E-state index contributed by atoms with van der Waals surface area (Å²) in [7, 11) is 1.59. The molecule has 3 rings (SSSR count). The number of carbonyl (C=O) groups is 1. The molecule has 0 unspecified atom stereocenters. The second-order valence-corrected chi connectivity index (χ2v) is 6.81. The molecule has 7 heteroatoms. The van der Waals surface area contributed by atoms with Gasteiger partial charge in [-0.3, -0.25) is 9.89 Å². The number of aromatic hydroxyl groups is 2. The number of anilines is 1. The number of ether oxygens (including phenoxy) is 1. The molecule has 1 amide bonds. The lowest BCUT2D eigenvalue weighted by Gasteiger charge is -2.13. The van der Waals surface area contributed by atoms with E-state index in [4.69, 9.17) is 4.74 Å². The van der Waals surface area contributed by atoms with Crippen molar-refractivity contribution in [2.75, 3.05) is 12.4 Å². The van der Waals surface area contributed by atoms with E-state index >= 15 is 0 Å². The summed E-state index contributed by atoms with van der Waals surface area (Å²) >= 11 is 0. The van der Waals surface area contributed by atoms with Crippen LogP contribution < -0.4 is 10.1 Å². The molecule has 1 heterocycles. The van der Waals surface area contributed by atoms with Crippen molar-refractivity contribution in [1.29, 1.82) is 0 Å². The van der Waals surface area contributed by atoms with E-state index in [1.165, 1.54) is 13.0 Å². The quantitative estimate of drug-likeness (QED) is 0.529. The van der Waals surface area contributed by atoms with Gasteiger partial charge in [0, 0.05) is 18.6 Å². The fraction of sp³-hybridized carbons (Fsp3) is 0.238. The molecular formula is C21H23N3O4. The van der Waals surface area contributed by atoms with Crippen molar-refractivity contribution in [3.8, 4) is 39.6 Å². The smallest absolute Gasteiger partial charge is 0.222 e. The predicted octanol–water partition coefficient (Wildman–Crippen LogP) is 4.25. The second kappa shape index (κ2) is 7.64. The van der Waals surface area contributed by atoms with E-state index in [2.05, 4.69) is 15.5 Å². The lowest BCUT2D eigenvalue weighted by molar-refractivity contribution is -0.114. The van der Waals surface area contributed by atoms with Crippen LogP contribution in [0.3, 0.4) is 0 Å². The molecule has 4 N–H and O–H groups in total. The highest BCUT2D eigenvalue weighted by Crippen LogP contribution is 2.43. The zero-order valence-electron chi connectivity index (χ0n) is 16.2. The minimum Gasteiger partial charge on any atom is -0.508 e. The maximum Gasteiger partial charge on any atom is 0.222 e. The third kappa shape index (κ3) is 3.64. The molecule has 0 radical (unpaired) electrons. The number of benzene rings is 2. The van der Waals surface area contributed by atoms with Crippen molar-refractivity contribution in [2.45, 2.75) is 26.7 Å². The molecule has 0 atom stereocenters. The zero-order valence-corrected chi connectivity index (χ0v) is 16.2. The molecule has 0 aliphatic heterocycles. The van der Waals surface area contributed by atoms with Gasteiger partial charge in [-0.15, -0.1) is 0 Å². The van der Waals surface area contributed by atoms with Gasteiger partial charge in [-0.1, -0.05) is 26.0 Å². The van der Waals surface area contributed by atoms with Gasteiger partial charge in [-0.2, -0.15) is 5.10 Å². The largest absolute Gasteiger partial charge is 0.508 e. The van der Waals surface area contributed by atoms with Crippen LogP contribution in [0, 0.1) is 0 Å². The van der Waals surface area contributed by atoms with Crippen LogP contribution in [0.1, 0.15) is 32.3 Å². The Morgan fingerprint density at radius 1 is 1.14 bits per heavy atom. The van der Waals surface area contributed by atoms with Crippen molar-refractivity contribution in [3.63, 3.8) is 0 Å². The molecule has 2 aromatic carbocycles. The van der Waals surface area contributed by atoms with Crippen molar-refractivity contribution in [1.82, 2.24) is 10.2 Å². The Morgan fingerprint density at radius 2 is 1.82 bits per heavy atom. The van der Waals surface area contributed by atoms with Crippen LogP contribution in [-0.4, -0.2) is 33.4 Å². The second-order valence-electron chi connectivity index (χ2n) is 6.81. The van der Waals surface area contributed by atoms with Gasteiger partial charge in [-0.25, -0.2) is 0 Å². The minimum atomic E-state index is -0.259. The van der Waals surface area contributed by atoms with Gasteiger partial charge in [0.1, 0.15) is 17.2 Å². The summed E-state index contributed by atoms with van der Waals surface area (Å²) < 4.78 is 5.21. The summed E-state index contributed by atoms with van der Waals surface area (Å²) in [5.41, 5.74) is 3.13. The fourth-order valence-electron chi connectivity index (χ4n) is 3.09. The molecular weight excluding hydrogens is 358 g/mol. The third-order valence-corrected chi connectivity index (χ3v) is 4.48. The van der Waals surface area contributed by atoms with Gasteiger partial charge >= 0.3 is 0 Å². The summed E-state index contributed by atoms with van der Waals surface area (Å²) in [6.45, 7) is 5.31. The van der Waals surface area contributed by atoms with Gasteiger partial charge in [0.05, 0.1) is 18.4 Å². The average molecular weight is 381 g/mol. The molecule has 7 nitrogen and oxygen atoms in total. The summed E-state index contributed by atoms with van der Waals surface area (Å²) in [5, 5.41) is 30.5. The van der Waals surface area contributed by atoms with Crippen LogP contribution in [0.15, 0.2) is 36.4 Å². The van der Waals surface area contributed by atoms with Crippen LogP contribution in [-0.2, 0) is 4.79 Å². The average Bonchev–Trinajstić information content (AvgIpc) is 3.04. The number of phenols is 2. The van der Waals surface area contributed by atoms with Crippen LogP contribution in [0.25, 0.3) is 22.4 Å². The molecule has 1 aromatic heterocycles. The van der Waals surface area contributed by atoms with Gasteiger partial charge in [0.2, 0.25) is 5.91 Å². The minimum absolute atomic E-state index is 0.0313. The number of methoxy groups -OCH3 is 1. The van der Waals surface area contributed by atoms with E-state index in [1.54, 1.807) is 25.3 Å². The molecule has 146 valence electrons. The first kappa shape index (κ1) is 19.3. The zero-order chi connectivity index (χ0) is 20.4. The molecule has 28 heavy (non-hydrogen) atoms. The Bertz CT molecular complexity index is 1010. The molecule has 3 aromatic rings. The van der Waals surface area contributed by atoms with Crippen molar-refractivity contribution < 1.29 is 19.7 Å². The monoisotopic (exact) mass is 381 g/mol. The molecule has 0 aliphatic carbocycles. The van der Waals surface area contributed by atoms with Crippen LogP contribution >= 0.6 is 0 Å². The highest BCUT2D eigenvalue weighted by Gasteiger charge is 2.22. The Labute approximate surface area is 163 Å². The van der Waals surface area contributed by atoms with E-state index in [0.29, 0.717) is 34.0 Å². The lowest BCUT2D eigenvalue weighted by Crippen LogP contribution is -2.07. The fourth-order valence-corrected chi connectivity index (χ4v) is 3.09. The van der Waals surface area contributed by atoms with Gasteiger partial charge in [0.15, 0.2) is 5.82 Å². The van der Waals surface area contributed by atoms with E-state index in [1.807, 2.05) is 26.0 Å². The molecule has 0 saturated heterocycles. The van der Waals surface area contributed by atoms with Crippen LogP contribution in [0.2, 0.25) is 0 Å². The Kier molecular flexibility index (Phi) is 5.26. The van der Waals surface area contributed by atoms with Crippen molar-refractivity contribution >= 4 is 11.7 Å². The number of hydrogen-bond acceptors (Lipinski definition) is 5. The molecule has 0 fully saturated rings. The first-order chi connectivity index (χ1) is 13.3. The highest BCUT2D eigenvalue weighted by molar-refractivity contribution is 5.97. The maximum atomic E-state index is 11.6. The van der Waals surface area contributed by atoms with E-state index in [0.717, 1.165) is 5.56 Å². The Morgan fingerprint density at radius 3 is 2.39 bits per heavy atom. The number of carbonyl (C=O) groups excluding carboxylic acids is 1. The number of aromatic amines is 1. The van der Waals surface area contributed by atoms with Crippen molar-refractivity contribution in [2.24, 2.45) is 0 Å². The molecule has 0 aliphatic rings. The number of phenolic OH excluding ortho intramolecular Hbond substituents is 2. The van der Waals surface area contributed by atoms with E-state index < -0.39 is 0 Å². The summed E-state index contributed by atoms with van der Waals surface area (Å²) in [4.78, 5) is 11.6. The topological polar surface area (TPSA) is 107 Å². The lowest BCUT2D eigenvalue weighted by atomic mass is 9.94. The summed E-state index contributed by atoms with van der Waals surface area (Å²) in [5.74, 6) is 0.793. The number of amides is 1. The normalized spacial score (nSPS) is 10.9. The third-order valence-electron chi connectivity index (χ3n) is 4.48. The van der Waals surface area contributed by atoms with E-state index in [-0.39, 0.29) is 23.3 Å². The highest BCUT2D eigenvalue weighted by atomic mass is 16.5. The summed E-state index contributed by atoms with van der Waals surface area (Å²) in [6.07, 6.45) is 0. The Hall–Kier alpha value is -3.48. The predicted molar refractivity (Wildman–Crippen MR) is 108 cm³/mol. The van der Waals surface area contributed by atoms with Gasteiger partial charge in [-0.05, 0) is 35.2 Å². The SMILES string of the molecule is COc1ccc(-c2c(NC(C)=O)n[nH]c2-c2cc(C(C)C)c(O)cc2O)cc1. The van der Waals surface area contributed by atoms with E-state index in [9.17, 15) is 15.0 Å². The number of hydrogen-bond donors (Lipinski definition) is 4. The van der Waals surface area contributed by atoms with Gasteiger partial charge < -0.3 is 20.3 Å². The van der Waals surface area contributed by atoms with Crippen LogP contribution in [0.5, 0.6) is 17.2 Å². The molecule has 0 spiro atoms. The van der Waals surface area contributed by atoms with Crippen molar-refractivity contribution in [3.05, 3.63) is 42.0 Å². The number of rotatable bonds is 5. The standard InChI is InChI=1S/C21H23N3O4/c1-11(2)15-9-16(18(27)10-17(15)26)20-19(21(24-23-20)22-12(3)25)13-5-7-14(28-4)8-6-13/h5-11,26-27H,1-4H3,(H2,22,23,24,25). The number of H-pyrrole nitrogens is 1. The molecule has 0 bridgehead atoms. The maximum absolute atomic E-state index is 11.6. The number of nitrogens with one attached hydrogen (secondary N) is 2. The van der Waals surface area contributed by atoms with Crippen LogP contribution in [0.4, 0.5) is 5.82 Å². The number of aromatic nitrogens is 2. The first-order valence-corrected chi connectivity index (χ1v) is 8.88. The first-order valence-electron chi connectivity index (χ1n) is 8.88. The van der Waals surface area contributed by atoms with Gasteiger partial charge in [0.25, 0.3) is 0 Å².